The van der Waals surface area contributed by atoms with Crippen LogP contribution in [0.25, 0.3) is 11.1 Å². The van der Waals surface area contributed by atoms with E-state index in [1.165, 1.54) is 11.3 Å². The van der Waals surface area contributed by atoms with Crippen LogP contribution in [0.15, 0.2) is 17.5 Å². The van der Waals surface area contributed by atoms with Crippen LogP contribution in [-0.4, -0.2) is 18.2 Å². The highest BCUT2D eigenvalue weighted by Gasteiger charge is 2.19. The van der Waals surface area contributed by atoms with Gasteiger partial charge in [-0.05, 0) is 42.7 Å². The molecule has 0 saturated heterocycles. The van der Waals surface area contributed by atoms with Gasteiger partial charge in [0.05, 0.1) is 7.11 Å². The van der Waals surface area contributed by atoms with Crippen LogP contribution in [0, 0.1) is 13.8 Å². The normalized spacial score (nSPS) is 10.5. The lowest BCUT2D eigenvalue weighted by atomic mass is 9.97. The summed E-state index contributed by atoms with van der Waals surface area (Å²) >= 11 is 1.24. The zero-order valence-corrected chi connectivity index (χ0v) is 11.8. The minimum absolute atomic E-state index is 0.178. The maximum absolute atomic E-state index is 11.3. The van der Waals surface area contributed by atoms with Crippen LogP contribution in [0.2, 0.25) is 0 Å². The topological polar surface area (TPSA) is 72.5 Å². The Kier molecular flexibility index (Phi) is 3.48. The summed E-state index contributed by atoms with van der Waals surface area (Å²) in [5.74, 6) is -0.206. The average molecular weight is 277 g/mol. The number of carboxylic acid groups (broad SMARTS) is 1. The Hall–Kier alpha value is -2.01. The zero-order chi connectivity index (χ0) is 14.2. The Balaban J connectivity index is 2.66. The minimum atomic E-state index is -0.998. The fourth-order valence-corrected chi connectivity index (χ4v) is 2.90. The Morgan fingerprint density at radius 3 is 2.53 bits per heavy atom. The average Bonchev–Trinajstić information content (AvgIpc) is 2.73. The third kappa shape index (κ3) is 2.29. The van der Waals surface area contributed by atoms with Gasteiger partial charge >= 0.3 is 5.97 Å². The van der Waals surface area contributed by atoms with Gasteiger partial charge in [0, 0.05) is 10.9 Å². The summed E-state index contributed by atoms with van der Waals surface area (Å²) in [6.45, 7) is 3.86. The summed E-state index contributed by atoms with van der Waals surface area (Å²) < 4.78 is 5.26. The Bertz CT molecular complexity index is 646. The number of ether oxygens (including phenoxy) is 1. The molecule has 3 N–H and O–H groups in total. The molecular weight excluding hydrogens is 262 g/mol. The standard InChI is InChI=1S/C14H15NO3S/c1-7-5-11(18-3)8(2)4-9(7)10-6-19-13(15)12(10)14(16)17/h4-6H,15H2,1-3H3,(H,16,17). The lowest BCUT2D eigenvalue weighted by Crippen LogP contribution is -2.01. The van der Waals surface area contributed by atoms with E-state index in [1.807, 2.05) is 26.0 Å². The van der Waals surface area contributed by atoms with Crippen molar-refractivity contribution in [1.82, 2.24) is 0 Å². The number of hydrogen-bond acceptors (Lipinski definition) is 4. The molecule has 19 heavy (non-hydrogen) atoms. The minimum Gasteiger partial charge on any atom is -0.496 e. The molecule has 0 saturated carbocycles. The van der Waals surface area contributed by atoms with Crippen molar-refractivity contribution < 1.29 is 14.6 Å². The molecule has 0 spiro atoms. The molecule has 1 heterocycles. The first-order valence-corrected chi connectivity index (χ1v) is 6.59. The van der Waals surface area contributed by atoms with Gasteiger partial charge in [-0.15, -0.1) is 11.3 Å². The van der Waals surface area contributed by atoms with Crippen LogP contribution in [0.4, 0.5) is 5.00 Å². The van der Waals surface area contributed by atoms with Crippen LogP contribution >= 0.6 is 11.3 Å². The van der Waals surface area contributed by atoms with Crippen molar-refractivity contribution in [2.24, 2.45) is 0 Å². The predicted molar refractivity (Wildman–Crippen MR) is 77.2 cm³/mol. The molecule has 0 aliphatic heterocycles. The molecule has 0 radical (unpaired) electrons. The van der Waals surface area contributed by atoms with Gasteiger partial charge < -0.3 is 15.6 Å². The number of benzene rings is 1. The molecule has 0 fully saturated rings. The maximum Gasteiger partial charge on any atom is 0.339 e. The van der Waals surface area contributed by atoms with Crippen LogP contribution in [0.3, 0.4) is 0 Å². The van der Waals surface area contributed by atoms with Gasteiger partial charge in [0.15, 0.2) is 0 Å². The molecule has 0 aliphatic carbocycles. The number of rotatable bonds is 3. The van der Waals surface area contributed by atoms with Crippen molar-refractivity contribution in [3.05, 3.63) is 34.2 Å². The monoisotopic (exact) mass is 277 g/mol. The first kappa shape index (κ1) is 13.4. The summed E-state index contributed by atoms with van der Waals surface area (Å²) in [6, 6.07) is 3.84. The van der Waals surface area contributed by atoms with Gasteiger partial charge in [-0.3, -0.25) is 0 Å². The highest BCUT2D eigenvalue weighted by atomic mass is 32.1. The van der Waals surface area contributed by atoms with E-state index in [4.69, 9.17) is 10.5 Å². The van der Waals surface area contributed by atoms with Crippen LogP contribution < -0.4 is 10.5 Å². The number of aromatic carboxylic acids is 1. The number of nitrogens with two attached hydrogens (primary N) is 1. The number of aryl methyl sites for hydroxylation is 2. The fourth-order valence-electron chi connectivity index (χ4n) is 2.09. The third-order valence-corrected chi connectivity index (χ3v) is 3.88. The van der Waals surface area contributed by atoms with E-state index < -0.39 is 5.97 Å². The smallest absolute Gasteiger partial charge is 0.339 e. The predicted octanol–water partition coefficient (Wildman–Crippen LogP) is 3.32. The Labute approximate surface area is 115 Å². The summed E-state index contributed by atoms with van der Waals surface area (Å²) in [5, 5.41) is 11.4. The van der Waals surface area contributed by atoms with E-state index >= 15 is 0 Å². The van der Waals surface area contributed by atoms with Gasteiger partial charge in [-0.2, -0.15) is 0 Å². The molecule has 1 aromatic heterocycles. The van der Waals surface area contributed by atoms with E-state index in [-0.39, 0.29) is 5.56 Å². The van der Waals surface area contributed by atoms with Gasteiger partial charge in [-0.25, -0.2) is 4.79 Å². The lowest BCUT2D eigenvalue weighted by molar-refractivity contribution is 0.0699. The highest BCUT2D eigenvalue weighted by Crippen LogP contribution is 2.37. The van der Waals surface area contributed by atoms with Gasteiger partial charge in [0.2, 0.25) is 0 Å². The van der Waals surface area contributed by atoms with Crippen molar-refractivity contribution in [1.29, 1.82) is 0 Å². The number of carboxylic acids is 1. The highest BCUT2D eigenvalue weighted by molar-refractivity contribution is 7.14. The van der Waals surface area contributed by atoms with Crippen LogP contribution in [0.1, 0.15) is 21.5 Å². The molecule has 100 valence electrons. The molecular formula is C14H15NO3S. The molecule has 2 aromatic rings. The number of anilines is 1. The maximum atomic E-state index is 11.3. The van der Waals surface area contributed by atoms with E-state index in [1.54, 1.807) is 12.5 Å². The molecule has 4 nitrogen and oxygen atoms in total. The SMILES string of the molecule is COc1cc(C)c(-c2csc(N)c2C(=O)O)cc1C. The molecule has 0 aliphatic rings. The number of nitrogen functional groups attached to an aromatic ring is 1. The van der Waals surface area contributed by atoms with Crippen molar-refractivity contribution in [2.75, 3.05) is 12.8 Å². The van der Waals surface area contributed by atoms with Crippen molar-refractivity contribution >= 4 is 22.3 Å². The zero-order valence-electron chi connectivity index (χ0n) is 11.0. The first-order valence-electron chi connectivity index (χ1n) is 5.71. The number of methoxy groups -OCH3 is 1. The lowest BCUT2D eigenvalue weighted by Gasteiger charge is -2.11. The summed E-state index contributed by atoms with van der Waals surface area (Å²) in [6.07, 6.45) is 0. The second-order valence-electron chi connectivity index (χ2n) is 4.33. The molecule has 0 unspecified atom stereocenters. The van der Waals surface area contributed by atoms with E-state index in [0.29, 0.717) is 10.6 Å². The quantitative estimate of drug-likeness (QED) is 0.902. The fraction of sp³-hybridized carbons (Fsp3) is 0.214. The molecule has 0 amide bonds. The van der Waals surface area contributed by atoms with Gasteiger partial charge in [0.1, 0.15) is 16.3 Å². The van der Waals surface area contributed by atoms with Crippen molar-refractivity contribution in [2.45, 2.75) is 13.8 Å². The van der Waals surface area contributed by atoms with E-state index in [0.717, 1.165) is 22.4 Å². The number of hydrogen-bond donors (Lipinski definition) is 2. The Morgan fingerprint density at radius 2 is 1.95 bits per heavy atom. The van der Waals surface area contributed by atoms with Crippen molar-refractivity contribution in [3.8, 4) is 16.9 Å². The summed E-state index contributed by atoms with van der Waals surface area (Å²) in [7, 11) is 1.62. The second-order valence-corrected chi connectivity index (χ2v) is 5.24. The van der Waals surface area contributed by atoms with Crippen LogP contribution in [-0.2, 0) is 0 Å². The van der Waals surface area contributed by atoms with Gasteiger partial charge in [0.25, 0.3) is 0 Å². The Morgan fingerprint density at radius 1 is 1.26 bits per heavy atom. The summed E-state index contributed by atoms with van der Waals surface area (Å²) in [5.41, 5.74) is 9.38. The number of thiophene rings is 1. The third-order valence-electron chi connectivity index (χ3n) is 3.07. The van der Waals surface area contributed by atoms with E-state index in [9.17, 15) is 9.90 Å². The molecule has 1 aromatic carbocycles. The number of carbonyl (C=O) groups is 1. The second kappa shape index (κ2) is 4.93. The van der Waals surface area contributed by atoms with Gasteiger partial charge in [-0.1, -0.05) is 0 Å². The molecule has 0 bridgehead atoms. The van der Waals surface area contributed by atoms with E-state index in [2.05, 4.69) is 0 Å². The first-order chi connectivity index (χ1) is 8.95. The molecule has 2 rings (SSSR count). The molecule has 0 atom stereocenters. The van der Waals surface area contributed by atoms with Crippen molar-refractivity contribution in [3.63, 3.8) is 0 Å². The largest absolute Gasteiger partial charge is 0.496 e. The van der Waals surface area contributed by atoms with Crippen LogP contribution in [0.5, 0.6) is 5.75 Å². The molecule has 5 heteroatoms. The summed E-state index contributed by atoms with van der Waals surface area (Å²) in [4.78, 5) is 11.3.